The lowest BCUT2D eigenvalue weighted by Crippen LogP contribution is -2.32. The molecule has 0 amide bonds. The molecule has 1 aromatic carbocycles. The predicted molar refractivity (Wildman–Crippen MR) is 65.3 cm³/mol. The van der Waals surface area contributed by atoms with Crippen molar-refractivity contribution in [3.05, 3.63) is 34.4 Å². The van der Waals surface area contributed by atoms with Crippen LogP contribution in [-0.2, 0) is 11.2 Å². The molecule has 0 radical (unpaired) electrons. The molecule has 3 nitrogen and oxygen atoms in total. The summed E-state index contributed by atoms with van der Waals surface area (Å²) in [7, 11) is 1.45. The van der Waals surface area contributed by atoms with Gasteiger partial charge in [-0.25, -0.2) is 4.79 Å². The summed E-state index contributed by atoms with van der Waals surface area (Å²) in [4.78, 5) is 11.8. The van der Waals surface area contributed by atoms with Gasteiger partial charge in [-0.2, -0.15) is 0 Å². The summed E-state index contributed by atoms with van der Waals surface area (Å²) in [5.41, 5.74) is 4.74. The average molecular weight is 231 g/mol. The first-order valence-electron chi connectivity index (χ1n) is 6.19. The highest BCUT2D eigenvalue weighted by Crippen LogP contribution is 2.41. The van der Waals surface area contributed by atoms with Crippen LogP contribution in [0.25, 0.3) is 0 Å². The van der Waals surface area contributed by atoms with Gasteiger partial charge in [0.1, 0.15) is 0 Å². The van der Waals surface area contributed by atoms with Crippen molar-refractivity contribution in [3.8, 4) is 0 Å². The SMILES string of the molecule is COC(=O)c1ccc2c3c1C(C)CNC3CC2. The van der Waals surface area contributed by atoms with Crippen LogP contribution in [0.5, 0.6) is 0 Å². The van der Waals surface area contributed by atoms with Crippen LogP contribution in [-0.4, -0.2) is 19.6 Å². The van der Waals surface area contributed by atoms with Crippen LogP contribution in [0, 0.1) is 0 Å². The molecule has 0 fully saturated rings. The molecule has 2 unspecified atom stereocenters. The number of benzene rings is 1. The lowest BCUT2D eigenvalue weighted by Gasteiger charge is -2.30. The Morgan fingerprint density at radius 3 is 3.00 bits per heavy atom. The minimum Gasteiger partial charge on any atom is -0.465 e. The van der Waals surface area contributed by atoms with E-state index in [2.05, 4.69) is 18.3 Å². The molecular weight excluding hydrogens is 214 g/mol. The normalized spacial score (nSPS) is 25.5. The summed E-state index contributed by atoms with van der Waals surface area (Å²) >= 11 is 0. The van der Waals surface area contributed by atoms with Gasteiger partial charge in [-0.05, 0) is 41.5 Å². The molecule has 3 rings (SSSR count). The van der Waals surface area contributed by atoms with Crippen molar-refractivity contribution in [2.45, 2.75) is 31.7 Å². The van der Waals surface area contributed by atoms with Gasteiger partial charge in [0, 0.05) is 12.6 Å². The summed E-state index contributed by atoms with van der Waals surface area (Å²) < 4.78 is 4.89. The van der Waals surface area contributed by atoms with Crippen molar-refractivity contribution in [3.63, 3.8) is 0 Å². The summed E-state index contributed by atoms with van der Waals surface area (Å²) in [6.45, 7) is 3.12. The smallest absolute Gasteiger partial charge is 0.338 e. The molecule has 1 aliphatic heterocycles. The highest BCUT2D eigenvalue weighted by Gasteiger charge is 2.34. The van der Waals surface area contributed by atoms with E-state index in [4.69, 9.17) is 4.74 Å². The standard InChI is InChI=1S/C14H17NO2/c1-8-7-15-11-6-4-9-3-5-10(14(16)17-2)12(8)13(9)11/h3,5,8,11,15H,4,6-7H2,1-2H3. The third-order valence-electron chi connectivity index (χ3n) is 4.00. The van der Waals surface area contributed by atoms with Gasteiger partial charge in [0.05, 0.1) is 12.7 Å². The Hall–Kier alpha value is -1.35. The molecule has 3 heteroatoms. The van der Waals surface area contributed by atoms with E-state index in [1.54, 1.807) is 0 Å². The number of methoxy groups -OCH3 is 1. The summed E-state index contributed by atoms with van der Waals surface area (Å²) in [6, 6.07) is 4.47. The number of aryl methyl sites for hydroxylation is 1. The molecule has 2 aliphatic rings. The van der Waals surface area contributed by atoms with Gasteiger partial charge in [-0.15, -0.1) is 0 Å². The predicted octanol–water partition coefficient (Wildman–Crippen LogP) is 2.17. The van der Waals surface area contributed by atoms with Crippen molar-refractivity contribution < 1.29 is 9.53 Å². The Morgan fingerprint density at radius 2 is 2.24 bits per heavy atom. The molecule has 2 atom stereocenters. The molecule has 1 aliphatic carbocycles. The number of carbonyl (C=O) groups excluding carboxylic acids is 1. The van der Waals surface area contributed by atoms with Crippen LogP contribution in [0.3, 0.4) is 0 Å². The monoisotopic (exact) mass is 231 g/mol. The maximum Gasteiger partial charge on any atom is 0.338 e. The Morgan fingerprint density at radius 1 is 1.41 bits per heavy atom. The first-order valence-corrected chi connectivity index (χ1v) is 6.19. The van der Waals surface area contributed by atoms with Crippen molar-refractivity contribution in [2.75, 3.05) is 13.7 Å². The van der Waals surface area contributed by atoms with E-state index in [1.807, 2.05) is 6.07 Å². The lowest BCUT2D eigenvalue weighted by molar-refractivity contribution is 0.0598. The van der Waals surface area contributed by atoms with Crippen LogP contribution in [0.15, 0.2) is 12.1 Å². The maximum atomic E-state index is 11.8. The van der Waals surface area contributed by atoms with Crippen LogP contribution in [0.2, 0.25) is 0 Å². The van der Waals surface area contributed by atoms with Crippen molar-refractivity contribution >= 4 is 5.97 Å². The van der Waals surface area contributed by atoms with E-state index in [9.17, 15) is 4.79 Å². The molecule has 0 aromatic heterocycles. The minimum absolute atomic E-state index is 0.206. The zero-order valence-corrected chi connectivity index (χ0v) is 10.2. The molecule has 0 spiro atoms. The molecule has 0 saturated heterocycles. The van der Waals surface area contributed by atoms with E-state index < -0.39 is 0 Å². The van der Waals surface area contributed by atoms with Gasteiger partial charge in [0.15, 0.2) is 0 Å². The zero-order valence-electron chi connectivity index (χ0n) is 10.2. The van der Waals surface area contributed by atoms with Gasteiger partial charge in [-0.1, -0.05) is 13.0 Å². The van der Waals surface area contributed by atoms with Crippen LogP contribution >= 0.6 is 0 Å². The second kappa shape index (κ2) is 3.84. The second-order valence-corrected chi connectivity index (χ2v) is 4.99. The number of hydrogen-bond acceptors (Lipinski definition) is 3. The Bertz CT molecular complexity index is 481. The van der Waals surface area contributed by atoms with Gasteiger partial charge in [0.2, 0.25) is 0 Å². The fourth-order valence-electron chi connectivity index (χ4n) is 3.20. The third-order valence-corrected chi connectivity index (χ3v) is 4.00. The van der Waals surface area contributed by atoms with Crippen LogP contribution in [0.1, 0.15) is 52.4 Å². The van der Waals surface area contributed by atoms with E-state index in [1.165, 1.54) is 23.8 Å². The maximum absolute atomic E-state index is 11.8. The quantitative estimate of drug-likeness (QED) is 0.753. The number of nitrogens with one attached hydrogen (secondary N) is 1. The van der Waals surface area contributed by atoms with Crippen molar-refractivity contribution in [2.24, 2.45) is 0 Å². The number of esters is 1. The van der Waals surface area contributed by atoms with Gasteiger partial charge in [0.25, 0.3) is 0 Å². The Kier molecular flexibility index (Phi) is 2.44. The topological polar surface area (TPSA) is 38.3 Å². The number of ether oxygens (including phenoxy) is 1. The van der Waals surface area contributed by atoms with Crippen molar-refractivity contribution in [1.82, 2.24) is 5.32 Å². The Labute approximate surface area is 101 Å². The van der Waals surface area contributed by atoms with Crippen molar-refractivity contribution in [1.29, 1.82) is 0 Å². The van der Waals surface area contributed by atoms with E-state index >= 15 is 0 Å². The molecule has 17 heavy (non-hydrogen) atoms. The summed E-state index contributed by atoms with van der Waals surface area (Å²) in [5.74, 6) is 0.176. The molecule has 90 valence electrons. The van der Waals surface area contributed by atoms with Crippen LogP contribution in [0.4, 0.5) is 0 Å². The average Bonchev–Trinajstić information content (AvgIpc) is 2.77. The molecule has 1 aromatic rings. The van der Waals surface area contributed by atoms with Gasteiger partial charge < -0.3 is 10.1 Å². The summed E-state index contributed by atoms with van der Waals surface area (Å²) in [5, 5.41) is 3.56. The minimum atomic E-state index is -0.206. The molecular formula is C14H17NO2. The molecule has 0 saturated carbocycles. The molecule has 0 bridgehead atoms. The van der Waals surface area contributed by atoms with Gasteiger partial charge in [-0.3, -0.25) is 0 Å². The first kappa shape index (κ1) is 10.8. The lowest BCUT2D eigenvalue weighted by atomic mass is 9.84. The number of carbonyl (C=O) groups is 1. The third kappa shape index (κ3) is 1.49. The first-order chi connectivity index (χ1) is 8.22. The van der Waals surface area contributed by atoms with E-state index in [-0.39, 0.29) is 5.97 Å². The molecule has 1 heterocycles. The van der Waals surface area contributed by atoms with Crippen LogP contribution < -0.4 is 5.32 Å². The highest BCUT2D eigenvalue weighted by molar-refractivity contribution is 5.92. The second-order valence-electron chi connectivity index (χ2n) is 4.99. The summed E-state index contributed by atoms with van der Waals surface area (Å²) in [6.07, 6.45) is 2.27. The van der Waals surface area contributed by atoms with E-state index in [0.717, 1.165) is 24.9 Å². The highest BCUT2D eigenvalue weighted by atomic mass is 16.5. The number of hydrogen-bond donors (Lipinski definition) is 1. The largest absolute Gasteiger partial charge is 0.465 e. The Balaban J connectivity index is 2.21. The zero-order chi connectivity index (χ0) is 12.0. The molecule has 1 N–H and O–H groups in total. The van der Waals surface area contributed by atoms with E-state index in [0.29, 0.717) is 12.0 Å². The number of rotatable bonds is 1. The fraction of sp³-hybridized carbons (Fsp3) is 0.500. The fourth-order valence-corrected chi connectivity index (χ4v) is 3.20. The van der Waals surface area contributed by atoms with Gasteiger partial charge >= 0.3 is 5.97 Å².